The van der Waals surface area contributed by atoms with Crippen LogP contribution in [-0.2, 0) is 4.79 Å². The molecule has 1 aromatic rings. The van der Waals surface area contributed by atoms with Crippen molar-refractivity contribution in [3.05, 3.63) is 32.3 Å². The van der Waals surface area contributed by atoms with Crippen LogP contribution >= 0.6 is 23.2 Å². The third-order valence-electron chi connectivity index (χ3n) is 3.43. The minimum absolute atomic E-state index is 0.0418. The molecule has 1 aliphatic heterocycles. The van der Waals surface area contributed by atoms with Gasteiger partial charge in [-0.15, -0.1) is 0 Å². The summed E-state index contributed by atoms with van der Waals surface area (Å²) < 4.78 is 0. The smallest absolute Gasteiger partial charge is 0.272 e. The zero-order valence-electron chi connectivity index (χ0n) is 11.4. The molecule has 2 rings (SSSR count). The predicted octanol–water partition coefficient (Wildman–Crippen LogP) is 3.01. The standard InChI is InChI=1S/C13H15Cl2N3O3/c1-8(19)16-9-2-4-17(5-3-9)13-11(14)6-10(18(20)21)7-12(13)15/h6-7,9H,2-5H2,1H3,(H,16,19). The van der Waals surface area contributed by atoms with Gasteiger partial charge in [0.2, 0.25) is 5.91 Å². The van der Waals surface area contributed by atoms with Crippen molar-refractivity contribution < 1.29 is 9.72 Å². The van der Waals surface area contributed by atoms with Gasteiger partial charge in [0.05, 0.1) is 20.7 Å². The van der Waals surface area contributed by atoms with Crippen LogP contribution < -0.4 is 10.2 Å². The molecule has 0 atom stereocenters. The van der Waals surface area contributed by atoms with E-state index in [2.05, 4.69) is 5.32 Å². The molecule has 114 valence electrons. The fraction of sp³-hybridized carbons (Fsp3) is 0.462. The fourth-order valence-electron chi connectivity index (χ4n) is 2.49. The van der Waals surface area contributed by atoms with Gasteiger partial charge < -0.3 is 10.2 Å². The number of nitrogens with one attached hydrogen (secondary N) is 1. The molecule has 6 nitrogen and oxygen atoms in total. The average molecular weight is 332 g/mol. The summed E-state index contributed by atoms with van der Waals surface area (Å²) in [6.07, 6.45) is 1.56. The number of nitro groups is 1. The molecule has 1 saturated heterocycles. The maximum atomic E-state index is 11.0. The highest BCUT2D eigenvalue weighted by atomic mass is 35.5. The number of hydrogen-bond acceptors (Lipinski definition) is 4. The number of non-ortho nitro benzene ring substituents is 1. The lowest BCUT2D eigenvalue weighted by molar-refractivity contribution is -0.384. The number of halogens is 2. The number of hydrogen-bond donors (Lipinski definition) is 1. The molecule has 1 aliphatic rings. The third kappa shape index (κ3) is 3.77. The zero-order chi connectivity index (χ0) is 15.6. The van der Waals surface area contributed by atoms with Crippen LogP contribution in [-0.4, -0.2) is 30.0 Å². The summed E-state index contributed by atoms with van der Waals surface area (Å²) in [5, 5.41) is 14.2. The number of rotatable bonds is 3. The van der Waals surface area contributed by atoms with Crippen molar-refractivity contribution in [2.45, 2.75) is 25.8 Å². The number of piperidine rings is 1. The number of nitrogens with zero attached hydrogens (tertiary/aromatic N) is 2. The topological polar surface area (TPSA) is 75.5 Å². The molecule has 1 amide bonds. The molecule has 1 aromatic carbocycles. The highest BCUT2D eigenvalue weighted by Crippen LogP contribution is 2.38. The summed E-state index contributed by atoms with van der Waals surface area (Å²) in [4.78, 5) is 23.3. The lowest BCUT2D eigenvalue weighted by Gasteiger charge is -2.34. The van der Waals surface area contributed by atoms with E-state index in [9.17, 15) is 14.9 Å². The van der Waals surface area contributed by atoms with Crippen molar-refractivity contribution in [1.82, 2.24) is 5.32 Å². The second-order valence-electron chi connectivity index (χ2n) is 4.98. The first-order chi connectivity index (χ1) is 9.88. The molecule has 0 aromatic heterocycles. The van der Waals surface area contributed by atoms with Crippen LogP contribution in [0.15, 0.2) is 12.1 Å². The van der Waals surface area contributed by atoms with Gasteiger partial charge in [0.1, 0.15) is 0 Å². The predicted molar refractivity (Wildman–Crippen MR) is 82.2 cm³/mol. The Bertz CT molecular complexity index is 549. The van der Waals surface area contributed by atoms with Gasteiger partial charge in [-0.25, -0.2) is 0 Å². The van der Waals surface area contributed by atoms with Crippen molar-refractivity contribution in [2.24, 2.45) is 0 Å². The second kappa shape index (κ2) is 6.49. The van der Waals surface area contributed by atoms with Crippen molar-refractivity contribution >= 4 is 40.5 Å². The van der Waals surface area contributed by atoms with Gasteiger partial charge in [-0.3, -0.25) is 14.9 Å². The first-order valence-electron chi connectivity index (χ1n) is 6.54. The monoisotopic (exact) mass is 331 g/mol. The number of benzene rings is 1. The molecule has 0 radical (unpaired) electrons. The summed E-state index contributed by atoms with van der Waals surface area (Å²) >= 11 is 12.3. The van der Waals surface area contributed by atoms with Crippen molar-refractivity contribution in [1.29, 1.82) is 0 Å². The Labute approximate surface area is 132 Å². The average Bonchev–Trinajstić information content (AvgIpc) is 2.39. The van der Waals surface area contributed by atoms with Gasteiger partial charge in [-0.05, 0) is 12.8 Å². The van der Waals surface area contributed by atoms with Gasteiger partial charge in [0.25, 0.3) is 5.69 Å². The Morgan fingerprint density at radius 3 is 2.29 bits per heavy atom. The van der Waals surface area contributed by atoms with Gasteiger partial charge in [-0.2, -0.15) is 0 Å². The first-order valence-corrected chi connectivity index (χ1v) is 7.29. The van der Waals surface area contributed by atoms with Crippen molar-refractivity contribution in [3.63, 3.8) is 0 Å². The van der Waals surface area contributed by atoms with Crippen LogP contribution in [0, 0.1) is 10.1 Å². The molecule has 21 heavy (non-hydrogen) atoms. The number of anilines is 1. The van der Waals surface area contributed by atoms with Crippen molar-refractivity contribution in [3.8, 4) is 0 Å². The van der Waals surface area contributed by atoms with E-state index >= 15 is 0 Å². The van der Waals surface area contributed by atoms with E-state index in [0.29, 0.717) is 18.8 Å². The molecule has 0 aliphatic carbocycles. The van der Waals surface area contributed by atoms with Gasteiger partial charge in [0, 0.05) is 38.2 Å². The van der Waals surface area contributed by atoms with E-state index in [-0.39, 0.29) is 27.7 Å². The normalized spacial score (nSPS) is 15.9. The molecule has 1 N–H and O–H groups in total. The minimum atomic E-state index is -0.523. The molecular formula is C13H15Cl2N3O3. The van der Waals surface area contributed by atoms with Gasteiger partial charge in [0.15, 0.2) is 0 Å². The molecule has 0 saturated carbocycles. The van der Waals surface area contributed by atoms with Crippen LogP contribution in [0.25, 0.3) is 0 Å². The molecule has 0 bridgehead atoms. The minimum Gasteiger partial charge on any atom is -0.369 e. The maximum absolute atomic E-state index is 11.0. The van der Waals surface area contributed by atoms with Crippen LogP contribution in [0.3, 0.4) is 0 Å². The summed E-state index contributed by atoms with van der Waals surface area (Å²) in [7, 11) is 0. The quantitative estimate of drug-likeness (QED) is 0.682. The van der Waals surface area contributed by atoms with E-state index < -0.39 is 4.92 Å². The lowest BCUT2D eigenvalue weighted by Crippen LogP contribution is -2.44. The number of carbonyl (C=O) groups is 1. The number of carbonyl (C=O) groups excluding carboxylic acids is 1. The molecule has 0 spiro atoms. The molecular weight excluding hydrogens is 317 g/mol. The van der Waals surface area contributed by atoms with Crippen LogP contribution in [0.5, 0.6) is 0 Å². The van der Waals surface area contributed by atoms with Gasteiger partial charge in [-0.1, -0.05) is 23.2 Å². The number of amides is 1. The van der Waals surface area contributed by atoms with E-state index in [1.165, 1.54) is 19.1 Å². The Morgan fingerprint density at radius 2 is 1.86 bits per heavy atom. The Balaban J connectivity index is 2.13. The first kappa shape index (κ1) is 15.9. The van der Waals surface area contributed by atoms with Crippen LogP contribution in [0.1, 0.15) is 19.8 Å². The highest BCUT2D eigenvalue weighted by molar-refractivity contribution is 6.39. The summed E-state index contributed by atoms with van der Waals surface area (Å²) in [5.41, 5.74) is 0.493. The van der Waals surface area contributed by atoms with Crippen molar-refractivity contribution in [2.75, 3.05) is 18.0 Å². The Morgan fingerprint density at radius 1 is 1.33 bits per heavy atom. The summed E-state index contributed by atoms with van der Waals surface area (Å²) in [6, 6.07) is 2.76. The largest absolute Gasteiger partial charge is 0.369 e. The SMILES string of the molecule is CC(=O)NC1CCN(c2c(Cl)cc([N+](=O)[O-])cc2Cl)CC1. The highest BCUT2D eigenvalue weighted by Gasteiger charge is 2.24. The summed E-state index contributed by atoms with van der Waals surface area (Å²) in [5.74, 6) is -0.0418. The van der Waals surface area contributed by atoms with Crippen LogP contribution in [0.4, 0.5) is 11.4 Å². The van der Waals surface area contributed by atoms with E-state index in [4.69, 9.17) is 23.2 Å². The molecule has 8 heteroatoms. The summed E-state index contributed by atoms with van der Waals surface area (Å²) in [6.45, 7) is 2.86. The van der Waals surface area contributed by atoms with Gasteiger partial charge >= 0.3 is 0 Å². The molecule has 1 fully saturated rings. The Hall–Kier alpha value is -1.53. The van der Waals surface area contributed by atoms with E-state index in [1.807, 2.05) is 4.90 Å². The zero-order valence-corrected chi connectivity index (χ0v) is 12.9. The lowest BCUT2D eigenvalue weighted by atomic mass is 10.0. The van der Waals surface area contributed by atoms with E-state index in [0.717, 1.165) is 12.8 Å². The Kier molecular flexibility index (Phi) is 4.90. The second-order valence-corrected chi connectivity index (χ2v) is 5.79. The fourth-order valence-corrected chi connectivity index (χ4v) is 3.21. The van der Waals surface area contributed by atoms with E-state index in [1.54, 1.807) is 0 Å². The number of nitro benzene ring substituents is 1. The van der Waals surface area contributed by atoms with Crippen LogP contribution in [0.2, 0.25) is 10.0 Å². The maximum Gasteiger partial charge on any atom is 0.272 e. The third-order valence-corrected chi connectivity index (χ3v) is 4.01. The molecule has 0 unspecified atom stereocenters. The molecule has 1 heterocycles.